The third-order valence-corrected chi connectivity index (χ3v) is 12.0. The lowest BCUT2D eigenvalue weighted by molar-refractivity contribution is 0.893. The van der Waals surface area contributed by atoms with E-state index in [4.69, 9.17) is 15.0 Å². The van der Waals surface area contributed by atoms with Gasteiger partial charge in [0.25, 0.3) is 0 Å². The van der Waals surface area contributed by atoms with Crippen LogP contribution in [0.15, 0.2) is 224 Å². The van der Waals surface area contributed by atoms with Crippen LogP contribution in [0.25, 0.3) is 111 Å². The summed E-state index contributed by atoms with van der Waals surface area (Å²) in [4.78, 5) is 16.4. The van der Waals surface area contributed by atoms with Crippen LogP contribution >= 0.6 is 0 Å². The molecule has 0 atom stereocenters. The Labute approximate surface area is 358 Å². The smallest absolute Gasteiger partial charge is 0.240 e. The summed E-state index contributed by atoms with van der Waals surface area (Å²) in [6.45, 7) is 0. The summed E-state index contributed by atoms with van der Waals surface area (Å²) < 4.78 is 4.43. The fraction of sp³-hybridized carbons (Fsp3) is 0. The zero-order valence-corrected chi connectivity index (χ0v) is 33.6. The first-order valence-electron chi connectivity index (χ1n) is 20.9. The van der Waals surface area contributed by atoms with Crippen molar-refractivity contribution < 1.29 is 0 Å². The highest BCUT2D eigenvalue weighted by atomic mass is 15.3. The van der Waals surface area contributed by atoms with Crippen molar-refractivity contribution in [2.24, 2.45) is 0 Å². The van der Waals surface area contributed by atoms with Gasteiger partial charge in [0.15, 0.2) is 5.82 Å². The van der Waals surface area contributed by atoms with Crippen LogP contribution < -0.4 is 0 Å². The number of aromatic nitrogens is 5. The molecule has 5 heteroatoms. The Hall–Kier alpha value is -8.41. The van der Waals surface area contributed by atoms with E-state index in [1.54, 1.807) is 0 Å². The third kappa shape index (κ3) is 5.98. The molecule has 290 valence electrons. The summed E-state index contributed by atoms with van der Waals surface area (Å²) in [7, 11) is 0. The van der Waals surface area contributed by atoms with Crippen LogP contribution in [-0.4, -0.2) is 24.1 Å². The van der Waals surface area contributed by atoms with Gasteiger partial charge in [0.05, 0.1) is 22.1 Å². The van der Waals surface area contributed by atoms with Crippen molar-refractivity contribution in [1.29, 1.82) is 0 Å². The maximum atomic E-state index is 5.50. The Morgan fingerprint density at radius 1 is 0.242 bits per heavy atom. The normalized spacial score (nSPS) is 11.5. The molecular formula is C57H37N5. The number of rotatable bonds is 7. The monoisotopic (exact) mass is 791 g/mol. The maximum Gasteiger partial charge on any atom is 0.240 e. The van der Waals surface area contributed by atoms with E-state index >= 15 is 0 Å². The van der Waals surface area contributed by atoms with Crippen LogP contribution in [0, 0.1) is 0 Å². The Kier molecular flexibility index (Phi) is 8.42. The fourth-order valence-corrected chi connectivity index (χ4v) is 9.07. The highest BCUT2D eigenvalue weighted by molar-refractivity contribution is 6.11. The number of hydrogen-bond donors (Lipinski definition) is 0. The molecule has 0 bridgehead atoms. The van der Waals surface area contributed by atoms with Crippen LogP contribution in [0.2, 0.25) is 0 Å². The molecule has 3 aromatic heterocycles. The summed E-state index contributed by atoms with van der Waals surface area (Å²) in [5, 5.41) is 4.53. The molecule has 0 spiro atoms. The molecule has 0 aliphatic carbocycles. The molecule has 0 unspecified atom stereocenters. The SMILES string of the molecule is c1ccc(-c2ccc(-c3ccccc3-c3nc(-n4c5ccccc5c5ccc(-c6ccccc6)cc54)nc(-n4c5ccccc5c5ccc(-c6ccccc6)cc54)n3)cc2)cc1. The van der Waals surface area contributed by atoms with Gasteiger partial charge < -0.3 is 0 Å². The summed E-state index contributed by atoms with van der Waals surface area (Å²) in [6.07, 6.45) is 0. The standard InChI is InChI=1S/C57H37N5/c1-4-16-38(17-5-1)41-28-30-42(31-29-41)45-22-10-11-25-50(45)55-58-56(61-51-26-14-12-23-46(51)48-34-32-43(36-53(48)61)39-18-6-2-7-19-39)60-57(59-55)62-52-27-15-13-24-47(52)49-35-33-44(37-54(49)62)40-20-8-3-9-21-40/h1-37H. The lowest BCUT2D eigenvalue weighted by Crippen LogP contribution is -2.10. The fourth-order valence-electron chi connectivity index (χ4n) is 9.07. The van der Waals surface area contributed by atoms with E-state index in [2.05, 4.69) is 234 Å². The van der Waals surface area contributed by atoms with Crippen molar-refractivity contribution in [3.05, 3.63) is 224 Å². The van der Waals surface area contributed by atoms with E-state index in [9.17, 15) is 0 Å². The number of benzene rings is 9. The van der Waals surface area contributed by atoms with Crippen molar-refractivity contribution in [3.8, 4) is 67.8 Å². The van der Waals surface area contributed by atoms with E-state index in [0.29, 0.717) is 17.7 Å². The molecule has 62 heavy (non-hydrogen) atoms. The lowest BCUT2D eigenvalue weighted by atomic mass is 9.96. The average Bonchev–Trinajstić information content (AvgIpc) is 3.87. The molecule has 0 saturated carbocycles. The van der Waals surface area contributed by atoms with E-state index in [1.807, 2.05) is 0 Å². The molecular weight excluding hydrogens is 755 g/mol. The molecule has 0 amide bonds. The van der Waals surface area contributed by atoms with Crippen LogP contribution in [0.4, 0.5) is 0 Å². The van der Waals surface area contributed by atoms with E-state index in [0.717, 1.165) is 82.6 Å². The number of nitrogens with zero attached hydrogens (tertiary/aromatic N) is 5. The molecule has 12 aromatic rings. The number of fused-ring (bicyclic) bond motifs is 6. The van der Waals surface area contributed by atoms with Crippen LogP contribution in [0.3, 0.4) is 0 Å². The first kappa shape index (κ1) is 35.5. The topological polar surface area (TPSA) is 48.5 Å². The second-order valence-electron chi connectivity index (χ2n) is 15.6. The third-order valence-electron chi connectivity index (χ3n) is 12.0. The van der Waals surface area contributed by atoms with E-state index in [-0.39, 0.29) is 0 Å². The van der Waals surface area contributed by atoms with Crippen molar-refractivity contribution >= 4 is 43.6 Å². The first-order valence-corrected chi connectivity index (χ1v) is 20.9. The van der Waals surface area contributed by atoms with Gasteiger partial charge in [-0.2, -0.15) is 15.0 Å². The van der Waals surface area contributed by atoms with Gasteiger partial charge in [-0.05, 0) is 68.8 Å². The van der Waals surface area contributed by atoms with Crippen molar-refractivity contribution in [2.75, 3.05) is 0 Å². The van der Waals surface area contributed by atoms with E-state index < -0.39 is 0 Å². The minimum Gasteiger partial charge on any atom is -0.278 e. The largest absolute Gasteiger partial charge is 0.278 e. The quantitative estimate of drug-likeness (QED) is 0.162. The van der Waals surface area contributed by atoms with Gasteiger partial charge in [0, 0.05) is 27.1 Å². The number of hydrogen-bond acceptors (Lipinski definition) is 3. The zero-order chi connectivity index (χ0) is 41.0. The second-order valence-corrected chi connectivity index (χ2v) is 15.6. The van der Waals surface area contributed by atoms with Crippen molar-refractivity contribution in [2.45, 2.75) is 0 Å². The minimum absolute atomic E-state index is 0.542. The first-order chi connectivity index (χ1) is 30.7. The highest BCUT2D eigenvalue weighted by Crippen LogP contribution is 2.39. The molecule has 0 aliphatic heterocycles. The van der Waals surface area contributed by atoms with Gasteiger partial charge in [0.1, 0.15) is 0 Å². The van der Waals surface area contributed by atoms with Gasteiger partial charge in [-0.1, -0.05) is 200 Å². The molecule has 5 nitrogen and oxygen atoms in total. The molecule has 9 aromatic carbocycles. The van der Waals surface area contributed by atoms with Crippen molar-refractivity contribution in [1.82, 2.24) is 24.1 Å². The van der Waals surface area contributed by atoms with Gasteiger partial charge in [-0.15, -0.1) is 0 Å². The molecule has 3 heterocycles. The average molecular weight is 792 g/mol. The van der Waals surface area contributed by atoms with Crippen LogP contribution in [0.1, 0.15) is 0 Å². The Morgan fingerprint density at radius 3 is 1.10 bits per heavy atom. The zero-order valence-electron chi connectivity index (χ0n) is 33.6. The van der Waals surface area contributed by atoms with Crippen LogP contribution in [0.5, 0.6) is 0 Å². The summed E-state index contributed by atoms with van der Waals surface area (Å²) in [5.41, 5.74) is 14.0. The lowest BCUT2D eigenvalue weighted by Gasteiger charge is -2.15. The minimum atomic E-state index is 0.542. The molecule has 0 N–H and O–H groups in total. The Balaban J connectivity index is 1.14. The summed E-state index contributed by atoms with van der Waals surface area (Å²) in [5.74, 6) is 1.67. The summed E-state index contributed by atoms with van der Waals surface area (Å²) in [6, 6.07) is 79.3. The molecule has 0 radical (unpaired) electrons. The molecule has 0 fully saturated rings. The highest BCUT2D eigenvalue weighted by Gasteiger charge is 2.22. The van der Waals surface area contributed by atoms with Gasteiger partial charge in [0.2, 0.25) is 11.9 Å². The molecule has 12 rings (SSSR count). The van der Waals surface area contributed by atoms with E-state index in [1.165, 1.54) is 11.1 Å². The van der Waals surface area contributed by atoms with Crippen LogP contribution in [-0.2, 0) is 0 Å². The molecule has 0 saturated heterocycles. The van der Waals surface area contributed by atoms with Crippen molar-refractivity contribution in [3.63, 3.8) is 0 Å². The van der Waals surface area contributed by atoms with Gasteiger partial charge >= 0.3 is 0 Å². The Bertz CT molecular complexity index is 3430. The predicted molar refractivity (Wildman–Crippen MR) is 256 cm³/mol. The molecule has 0 aliphatic rings. The number of para-hydroxylation sites is 2. The summed E-state index contributed by atoms with van der Waals surface area (Å²) >= 11 is 0. The maximum absolute atomic E-state index is 5.50. The van der Waals surface area contributed by atoms with Gasteiger partial charge in [-0.25, -0.2) is 0 Å². The van der Waals surface area contributed by atoms with Gasteiger partial charge in [-0.3, -0.25) is 9.13 Å². The predicted octanol–water partition coefficient (Wildman–Crippen LogP) is 14.4. The second kappa shape index (κ2) is 14.7. The Morgan fingerprint density at radius 2 is 0.597 bits per heavy atom.